The van der Waals surface area contributed by atoms with Crippen LogP contribution in [0.2, 0.25) is 5.02 Å². The summed E-state index contributed by atoms with van der Waals surface area (Å²) in [6.45, 7) is 0. The molecule has 5 rings (SSSR count). The van der Waals surface area contributed by atoms with E-state index in [0.29, 0.717) is 5.02 Å². The first-order valence-corrected chi connectivity index (χ1v) is 12.1. The number of hydrogen-bond donors (Lipinski definition) is 1. The maximum Gasteiger partial charge on any atom is 0.235 e. The number of halogens is 1. The van der Waals surface area contributed by atoms with Crippen molar-refractivity contribution < 1.29 is 4.79 Å². The fraction of sp³-hybridized carbons (Fsp3) is 0.185. The van der Waals surface area contributed by atoms with Gasteiger partial charge in [-0.15, -0.1) is 11.3 Å². The van der Waals surface area contributed by atoms with Crippen molar-refractivity contribution in [3.63, 3.8) is 0 Å². The maximum absolute atomic E-state index is 13.5. The zero-order valence-corrected chi connectivity index (χ0v) is 19.1. The molecule has 0 saturated heterocycles. The van der Waals surface area contributed by atoms with Crippen LogP contribution in [0.15, 0.2) is 84.2 Å². The first-order valence-electron chi connectivity index (χ1n) is 10.8. The second kappa shape index (κ2) is 8.89. The van der Waals surface area contributed by atoms with Gasteiger partial charge in [0.1, 0.15) is 5.01 Å². The van der Waals surface area contributed by atoms with E-state index in [0.717, 1.165) is 58.8 Å². The highest BCUT2D eigenvalue weighted by Gasteiger charge is 2.42. The first kappa shape index (κ1) is 20.9. The quantitative estimate of drug-likeness (QED) is 0.335. The molecule has 1 saturated carbocycles. The Morgan fingerprint density at radius 3 is 2.38 bits per heavy atom. The van der Waals surface area contributed by atoms with Crippen LogP contribution in [0, 0.1) is 0 Å². The second-order valence-electron chi connectivity index (χ2n) is 8.23. The maximum atomic E-state index is 13.5. The lowest BCUT2D eigenvalue weighted by molar-refractivity contribution is -0.121. The molecule has 4 aromatic rings. The number of hydrogen-bond acceptors (Lipinski definition) is 3. The molecule has 1 amide bonds. The van der Waals surface area contributed by atoms with Crippen molar-refractivity contribution in [3.05, 3.63) is 94.8 Å². The van der Waals surface area contributed by atoms with Crippen LogP contribution in [0.5, 0.6) is 0 Å². The number of carbonyl (C=O) groups is 1. The molecule has 0 unspecified atom stereocenters. The van der Waals surface area contributed by atoms with E-state index in [9.17, 15) is 4.79 Å². The standard InChI is InChI=1S/C27H23ClN2OS/c28-22-13-11-21(12-14-22)27(15-4-5-16-27)26(31)29-23-10-6-9-20(17-23)24-18-32-25(30-24)19-7-2-1-3-8-19/h1-3,6-14,17-18H,4-5,15-16H2,(H,29,31). The van der Waals surface area contributed by atoms with E-state index in [2.05, 4.69) is 22.8 Å². The Kier molecular flexibility index (Phi) is 5.81. The number of amides is 1. The lowest BCUT2D eigenvalue weighted by Gasteiger charge is -2.28. The molecule has 1 N–H and O–H groups in total. The summed E-state index contributed by atoms with van der Waals surface area (Å²) < 4.78 is 0. The summed E-state index contributed by atoms with van der Waals surface area (Å²) in [5, 5.41) is 6.93. The molecule has 5 heteroatoms. The topological polar surface area (TPSA) is 42.0 Å². The summed E-state index contributed by atoms with van der Waals surface area (Å²) in [5.41, 5.74) is 4.36. The third kappa shape index (κ3) is 4.08. The minimum absolute atomic E-state index is 0.0534. The van der Waals surface area contributed by atoms with E-state index >= 15 is 0 Å². The Morgan fingerprint density at radius 2 is 1.62 bits per heavy atom. The number of thiazole rings is 1. The molecule has 3 aromatic carbocycles. The van der Waals surface area contributed by atoms with Gasteiger partial charge >= 0.3 is 0 Å². The average molecular weight is 459 g/mol. The summed E-state index contributed by atoms with van der Waals surface area (Å²) in [6.07, 6.45) is 3.81. The molecule has 0 radical (unpaired) electrons. The van der Waals surface area contributed by atoms with Crippen LogP contribution in [0.25, 0.3) is 21.8 Å². The van der Waals surface area contributed by atoms with Crippen molar-refractivity contribution in [2.24, 2.45) is 0 Å². The van der Waals surface area contributed by atoms with E-state index in [4.69, 9.17) is 16.6 Å². The lowest BCUT2D eigenvalue weighted by Crippen LogP contribution is -2.37. The Bertz CT molecular complexity index is 1230. The molecule has 0 atom stereocenters. The third-order valence-electron chi connectivity index (χ3n) is 6.23. The van der Waals surface area contributed by atoms with Crippen molar-refractivity contribution in [2.75, 3.05) is 5.32 Å². The molecular weight excluding hydrogens is 436 g/mol. The van der Waals surface area contributed by atoms with Crippen LogP contribution >= 0.6 is 22.9 Å². The van der Waals surface area contributed by atoms with Crippen molar-refractivity contribution in [1.82, 2.24) is 4.98 Å². The van der Waals surface area contributed by atoms with Crippen LogP contribution in [0.4, 0.5) is 5.69 Å². The van der Waals surface area contributed by atoms with Crippen LogP contribution < -0.4 is 5.32 Å². The predicted octanol–water partition coefficient (Wildman–Crippen LogP) is 7.58. The predicted molar refractivity (Wildman–Crippen MR) is 133 cm³/mol. The van der Waals surface area contributed by atoms with E-state index in [1.54, 1.807) is 11.3 Å². The van der Waals surface area contributed by atoms with Gasteiger partial charge < -0.3 is 5.32 Å². The highest BCUT2D eigenvalue weighted by Crippen LogP contribution is 2.42. The Hall–Kier alpha value is -2.95. The zero-order chi connectivity index (χ0) is 22.0. The van der Waals surface area contributed by atoms with Gasteiger partial charge in [-0.2, -0.15) is 0 Å². The molecule has 1 aliphatic rings. The van der Waals surface area contributed by atoms with Crippen molar-refractivity contribution in [1.29, 1.82) is 0 Å². The lowest BCUT2D eigenvalue weighted by atomic mass is 9.78. The number of aromatic nitrogens is 1. The third-order valence-corrected chi connectivity index (χ3v) is 7.37. The molecule has 1 aromatic heterocycles. The fourth-order valence-electron chi connectivity index (χ4n) is 4.52. The van der Waals surface area contributed by atoms with E-state index < -0.39 is 5.41 Å². The van der Waals surface area contributed by atoms with Gasteiger partial charge in [-0.05, 0) is 42.7 Å². The van der Waals surface area contributed by atoms with Crippen LogP contribution in [0.1, 0.15) is 31.2 Å². The largest absolute Gasteiger partial charge is 0.325 e. The average Bonchev–Trinajstić information content (AvgIpc) is 3.52. The molecule has 0 spiro atoms. The molecule has 3 nitrogen and oxygen atoms in total. The molecule has 32 heavy (non-hydrogen) atoms. The van der Waals surface area contributed by atoms with Crippen LogP contribution in [-0.4, -0.2) is 10.9 Å². The van der Waals surface area contributed by atoms with Crippen LogP contribution in [0.3, 0.4) is 0 Å². The van der Waals surface area contributed by atoms with Crippen molar-refractivity contribution in [2.45, 2.75) is 31.1 Å². The van der Waals surface area contributed by atoms with Gasteiger partial charge in [0.15, 0.2) is 0 Å². The Labute approximate surface area is 197 Å². The molecule has 1 aliphatic carbocycles. The summed E-state index contributed by atoms with van der Waals surface area (Å²) in [7, 11) is 0. The highest BCUT2D eigenvalue weighted by molar-refractivity contribution is 7.13. The van der Waals surface area contributed by atoms with Crippen LogP contribution in [-0.2, 0) is 10.2 Å². The van der Waals surface area contributed by atoms with E-state index in [1.807, 2.05) is 66.7 Å². The summed E-state index contributed by atoms with van der Waals surface area (Å²) >= 11 is 7.71. The van der Waals surface area contributed by atoms with E-state index in [-0.39, 0.29) is 5.91 Å². The summed E-state index contributed by atoms with van der Waals surface area (Å²) in [6, 6.07) is 25.9. The zero-order valence-electron chi connectivity index (χ0n) is 17.6. The molecular formula is C27H23ClN2OS. The van der Waals surface area contributed by atoms with Crippen molar-refractivity contribution in [3.8, 4) is 21.8 Å². The van der Waals surface area contributed by atoms with Gasteiger partial charge in [-0.1, -0.05) is 79.0 Å². The minimum Gasteiger partial charge on any atom is -0.325 e. The number of rotatable bonds is 5. The smallest absolute Gasteiger partial charge is 0.235 e. The van der Waals surface area contributed by atoms with Gasteiger partial charge in [0, 0.05) is 27.2 Å². The first-order chi connectivity index (χ1) is 15.6. The summed E-state index contributed by atoms with van der Waals surface area (Å²) in [4.78, 5) is 18.3. The molecule has 1 heterocycles. The summed E-state index contributed by atoms with van der Waals surface area (Å²) in [5.74, 6) is 0.0534. The van der Waals surface area contributed by atoms with Gasteiger partial charge in [0.05, 0.1) is 11.1 Å². The molecule has 0 aliphatic heterocycles. The minimum atomic E-state index is -0.498. The van der Waals surface area contributed by atoms with E-state index in [1.165, 1.54) is 0 Å². The van der Waals surface area contributed by atoms with Gasteiger partial charge in [-0.25, -0.2) is 4.98 Å². The number of carbonyl (C=O) groups excluding carboxylic acids is 1. The fourth-order valence-corrected chi connectivity index (χ4v) is 5.48. The number of nitrogens with one attached hydrogen (secondary N) is 1. The van der Waals surface area contributed by atoms with Gasteiger partial charge in [0.2, 0.25) is 5.91 Å². The molecule has 1 fully saturated rings. The number of benzene rings is 3. The SMILES string of the molecule is O=C(Nc1cccc(-c2csc(-c3ccccc3)n2)c1)C1(c2ccc(Cl)cc2)CCCC1. The normalized spacial score (nSPS) is 14.9. The highest BCUT2D eigenvalue weighted by atomic mass is 35.5. The molecule has 0 bridgehead atoms. The van der Waals surface area contributed by atoms with Gasteiger partial charge in [-0.3, -0.25) is 4.79 Å². The Balaban J connectivity index is 1.39. The number of anilines is 1. The monoisotopic (exact) mass is 458 g/mol. The second-order valence-corrected chi connectivity index (χ2v) is 9.53. The Morgan fingerprint density at radius 1 is 0.906 bits per heavy atom. The molecule has 160 valence electrons. The van der Waals surface area contributed by atoms with Gasteiger partial charge in [0.25, 0.3) is 0 Å². The van der Waals surface area contributed by atoms with Crippen molar-refractivity contribution >= 4 is 34.5 Å². The number of nitrogens with zero attached hydrogens (tertiary/aromatic N) is 1.